The quantitative estimate of drug-likeness (QED) is 0.114. The highest BCUT2D eigenvalue weighted by Crippen LogP contribution is 2.28. The number of likely N-dealkylation sites (tertiary alicyclic amines) is 1. The summed E-state index contributed by atoms with van der Waals surface area (Å²) in [6.07, 6.45) is 14.4. The molecule has 52 heavy (non-hydrogen) atoms. The van der Waals surface area contributed by atoms with Crippen molar-refractivity contribution >= 4 is 18.2 Å². The Morgan fingerprint density at radius 2 is 1.71 bits per heavy atom. The second kappa shape index (κ2) is 19.9. The molecular weight excluding hydrogens is 664 g/mol. The van der Waals surface area contributed by atoms with Crippen molar-refractivity contribution in [2.24, 2.45) is 11.8 Å². The summed E-state index contributed by atoms with van der Waals surface area (Å²) in [6.45, 7) is 11.7. The maximum absolute atomic E-state index is 13.5. The number of ether oxygens (including phenoxy) is 3. The molecule has 0 aromatic carbocycles. The van der Waals surface area contributed by atoms with E-state index in [9.17, 15) is 24.6 Å². The molecule has 294 valence electrons. The number of nitrogens with zero attached hydrogens (tertiary/aromatic N) is 4. The average Bonchev–Trinajstić information content (AvgIpc) is 3.46. The van der Waals surface area contributed by atoms with Crippen molar-refractivity contribution in [1.82, 2.24) is 19.6 Å². The largest absolute Gasteiger partial charge is 0.457 e. The zero-order valence-corrected chi connectivity index (χ0v) is 32.6. The maximum Gasteiger partial charge on any atom is 0.410 e. The van der Waals surface area contributed by atoms with Gasteiger partial charge in [-0.15, -0.1) is 0 Å². The van der Waals surface area contributed by atoms with Crippen molar-refractivity contribution in [2.75, 3.05) is 60.0 Å². The Labute approximate surface area is 311 Å². The predicted octanol–water partition coefficient (Wildman–Crippen LogP) is 5.14. The van der Waals surface area contributed by atoms with Gasteiger partial charge >= 0.3 is 18.2 Å². The molecule has 0 unspecified atom stereocenters. The second-order valence-electron chi connectivity index (χ2n) is 16.1. The Hall–Kier alpha value is -2.93. The minimum Gasteiger partial charge on any atom is -0.457 e. The number of cyclic esters (lactones) is 1. The number of allylic oxidation sites excluding steroid dienone is 2. The summed E-state index contributed by atoms with van der Waals surface area (Å²) in [7, 11) is 4.04. The number of amides is 2. The molecule has 1 aliphatic carbocycles. The SMILES string of the molecule is C/C(=C\C=C\[C@@H](C)COC(=O)N1CC[C@H](N(C)C)C1)[C@H]1OC(=O)C[C@@H](O)CC[C@](C)(O)[C@@H](OC(=O)N2CCN(C3CCCCCC3)CC2)/C=C\[C@@H]1C. The van der Waals surface area contributed by atoms with Crippen LogP contribution in [-0.2, 0) is 19.0 Å². The van der Waals surface area contributed by atoms with E-state index in [0.29, 0.717) is 38.3 Å². The molecule has 0 bridgehead atoms. The Balaban J connectivity index is 1.38. The lowest BCUT2D eigenvalue weighted by atomic mass is 9.89. The predicted molar refractivity (Wildman–Crippen MR) is 201 cm³/mol. The fraction of sp³-hybridized carbons (Fsp3) is 0.775. The summed E-state index contributed by atoms with van der Waals surface area (Å²) in [4.78, 5) is 47.1. The highest BCUT2D eigenvalue weighted by atomic mass is 16.6. The van der Waals surface area contributed by atoms with Gasteiger partial charge in [-0.05, 0) is 71.7 Å². The van der Waals surface area contributed by atoms with Crippen LogP contribution in [0.3, 0.4) is 0 Å². The number of hydrogen-bond acceptors (Lipinski definition) is 10. The Kier molecular flexibility index (Phi) is 16.0. The molecular formula is C40H66N4O8. The van der Waals surface area contributed by atoms with Crippen LogP contribution >= 0.6 is 0 Å². The fourth-order valence-corrected chi connectivity index (χ4v) is 7.70. The van der Waals surface area contributed by atoms with Gasteiger partial charge in [-0.25, -0.2) is 9.59 Å². The molecule has 0 radical (unpaired) electrons. The highest BCUT2D eigenvalue weighted by Gasteiger charge is 2.37. The maximum atomic E-state index is 13.5. The van der Waals surface area contributed by atoms with E-state index in [1.807, 2.05) is 59.2 Å². The van der Waals surface area contributed by atoms with Crippen LogP contribution in [0.25, 0.3) is 0 Å². The van der Waals surface area contributed by atoms with Gasteiger partial charge in [0.25, 0.3) is 0 Å². The van der Waals surface area contributed by atoms with Gasteiger partial charge in [0.15, 0.2) is 6.10 Å². The van der Waals surface area contributed by atoms with E-state index in [0.717, 1.165) is 25.1 Å². The lowest BCUT2D eigenvalue weighted by molar-refractivity contribution is -0.151. The van der Waals surface area contributed by atoms with Gasteiger partial charge in [-0.3, -0.25) is 9.69 Å². The molecule has 3 aliphatic heterocycles. The molecule has 12 nitrogen and oxygen atoms in total. The number of carbonyl (C=O) groups is 3. The zero-order valence-electron chi connectivity index (χ0n) is 32.6. The highest BCUT2D eigenvalue weighted by molar-refractivity contribution is 5.70. The van der Waals surface area contributed by atoms with Crippen LogP contribution in [0.15, 0.2) is 36.0 Å². The first kappa shape index (κ1) is 41.8. The number of aliphatic hydroxyl groups excluding tert-OH is 1. The Morgan fingerprint density at radius 1 is 1.02 bits per heavy atom. The number of hydrogen-bond donors (Lipinski definition) is 2. The van der Waals surface area contributed by atoms with E-state index in [4.69, 9.17) is 14.2 Å². The summed E-state index contributed by atoms with van der Waals surface area (Å²) in [5.41, 5.74) is -0.694. The van der Waals surface area contributed by atoms with Gasteiger partial charge in [0.05, 0.1) is 19.1 Å². The monoisotopic (exact) mass is 730 g/mol. The molecule has 0 spiro atoms. The summed E-state index contributed by atoms with van der Waals surface area (Å²) in [6, 6.07) is 0.933. The lowest BCUT2D eigenvalue weighted by Crippen LogP contribution is -2.53. The van der Waals surface area contributed by atoms with E-state index in [2.05, 4.69) is 9.80 Å². The topological polar surface area (TPSA) is 132 Å². The fourth-order valence-electron chi connectivity index (χ4n) is 7.70. The molecule has 0 aromatic rings. The molecule has 3 heterocycles. The summed E-state index contributed by atoms with van der Waals surface area (Å²) >= 11 is 0. The lowest BCUT2D eigenvalue weighted by Gasteiger charge is -2.40. The van der Waals surface area contributed by atoms with Crippen LogP contribution in [0.4, 0.5) is 9.59 Å². The van der Waals surface area contributed by atoms with E-state index >= 15 is 0 Å². The van der Waals surface area contributed by atoms with Gasteiger partial charge in [-0.2, -0.15) is 0 Å². The van der Waals surface area contributed by atoms with Crippen molar-refractivity contribution in [3.8, 4) is 0 Å². The van der Waals surface area contributed by atoms with Crippen LogP contribution in [0, 0.1) is 11.8 Å². The van der Waals surface area contributed by atoms with Crippen molar-refractivity contribution in [2.45, 2.75) is 128 Å². The molecule has 3 fully saturated rings. The van der Waals surface area contributed by atoms with Gasteiger partial charge in [0, 0.05) is 63.2 Å². The number of esters is 1. The summed E-state index contributed by atoms with van der Waals surface area (Å²) in [5, 5.41) is 22.2. The molecule has 12 heteroatoms. The first-order valence-electron chi connectivity index (χ1n) is 19.6. The minimum atomic E-state index is -1.47. The van der Waals surface area contributed by atoms with E-state index in [1.54, 1.807) is 22.8 Å². The van der Waals surface area contributed by atoms with Crippen LogP contribution < -0.4 is 0 Å². The summed E-state index contributed by atoms with van der Waals surface area (Å²) < 4.78 is 17.5. The van der Waals surface area contributed by atoms with Crippen molar-refractivity contribution in [1.29, 1.82) is 0 Å². The normalized spacial score (nSPS) is 32.1. The standard InChI is InChI=1S/C40H66N4O8/c1-29(28-50-38(47)44-21-19-33(27-44)41(5)6)12-11-13-30(2)37-31(3)16-17-35(40(4,49)20-18-34(45)26-36(46)52-37)51-39(48)43-24-22-42(23-25-43)32-14-9-7-8-10-15-32/h11-13,16-17,29,31-35,37,45,49H,7-10,14-15,18-28H2,1-6H3/b12-11+,17-16-,30-13+/t29-,31+,33+,34+,35+,37-,40+/m1/s1. The number of aliphatic hydroxyl groups is 2. The number of carbonyl (C=O) groups excluding carboxylic acids is 3. The molecule has 7 atom stereocenters. The van der Waals surface area contributed by atoms with E-state index in [-0.39, 0.29) is 43.8 Å². The second-order valence-corrected chi connectivity index (χ2v) is 16.1. The first-order valence-corrected chi connectivity index (χ1v) is 19.6. The van der Waals surface area contributed by atoms with Crippen molar-refractivity contribution in [3.63, 3.8) is 0 Å². The van der Waals surface area contributed by atoms with Gasteiger partial charge < -0.3 is 39.1 Å². The third-order valence-corrected chi connectivity index (χ3v) is 11.3. The van der Waals surface area contributed by atoms with Crippen LogP contribution in [0.1, 0.15) is 91.9 Å². The van der Waals surface area contributed by atoms with E-state index in [1.165, 1.54) is 38.5 Å². The average molecular weight is 731 g/mol. The molecule has 0 aromatic heterocycles. The molecule has 4 rings (SSSR count). The third-order valence-electron chi connectivity index (χ3n) is 11.3. The van der Waals surface area contributed by atoms with Crippen LogP contribution in [-0.4, -0.2) is 144 Å². The zero-order chi connectivity index (χ0) is 37.8. The van der Waals surface area contributed by atoms with Crippen LogP contribution in [0.5, 0.6) is 0 Å². The smallest absolute Gasteiger partial charge is 0.410 e. The van der Waals surface area contributed by atoms with Crippen molar-refractivity contribution in [3.05, 3.63) is 36.0 Å². The Bertz CT molecular complexity index is 1250. The summed E-state index contributed by atoms with van der Waals surface area (Å²) in [5.74, 6) is -0.904. The number of rotatable bonds is 8. The molecule has 1 saturated carbocycles. The van der Waals surface area contributed by atoms with Gasteiger partial charge in [0.2, 0.25) is 0 Å². The minimum absolute atomic E-state index is 0.0379. The third kappa shape index (κ3) is 12.6. The van der Waals surface area contributed by atoms with Crippen LogP contribution in [0.2, 0.25) is 0 Å². The molecule has 2 amide bonds. The molecule has 2 N–H and O–H groups in total. The van der Waals surface area contributed by atoms with Gasteiger partial charge in [0.1, 0.15) is 11.7 Å². The Morgan fingerprint density at radius 3 is 2.37 bits per heavy atom. The van der Waals surface area contributed by atoms with Crippen molar-refractivity contribution < 1.29 is 38.8 Å². The first-order chi connectivity index (χ1) is 24.7. The number of piperazine rings is 1. The molecule has 2 saturated heterocycles. The molecule has 4 aliphatic rings. The van der Waals surface area contributed by atoms with E-state index < -0.39 is 36.0 Å². The number of likely N-dealkylation sites (N-methyl/N-ethyl adjacent to an activating group) is 1. The van der Waals surface area contributed by atoms with Gasteiger partial charge in [-0.1, -0.05) is 63.8 Å².